The Morgan fingerprint density at radius 2 is 1.64 bits per heavy atom. The second kappa shape index (κ2) is 8.17. The molecule has 2 aromatic carbocycles. The summed E-state index contributed by atoms with van der Waals surface area (Å²) in [6.45, 7) is 2.64. The van der Waals surface area contributed by atoms with E-state index < -0.39 is 0 Å². The van der Waals surface area contributed by atoms with Gasteiger partial charge in [-0.1, -0.05) is 53.5 Å². The lowest BCUT2D eigenvalue weighted by Gasteiger charge is -2.35. The first-order chi connectivity index (χ1) is 13.6. The number of aromatic nitrogens is 2. The Bertz CT molecular complexity index is 989. The molecule has 142 valence electrons. The highest BCUT2D eigenvalue weighted by molar-refractivity contribution is 6.42. The molecule has 0 spiro atoms. The van der Waals surface area contributed by atoms with Crippen LogP contribution in [0.5, 0.6) is 0 Å². The minimum Gasteiger partial charge on any atom is -0.353 e. The van der Waals surface area contributed by atoms with Crippen LogP contribution in [0.25, 0.3) is 11.4 Å². The molecule has 5 nitrogen and oxygen atoms in total. The van der Waals surface area contributed by atoms with Crippen LogP contribution >= 0.6 is 23.2 Å². The largest absolute Gasteiger partial charge is 0.353 e. The Balaban J connectivity index is 1.44. The summed E-state index contributed by atoms with van der Waals surface area (Å²) in [6, 6.07) is 16.8. The summed E-state index contributed by atoms with van der Waals surface area (Å²) >= 11 is 12.0. The highest BCUT2D eigenvalue weighted by Gasteiger charge is 2.23. The van der Waals surface area contributed by atoms with Gasteiger partial charge >= 0.3 is 0 Å². The van der Waals surface area contributed by atoms with Crippen LogP contribution in [0.2, 0.25) is 10.0 Å². The Kier molecular flexibility index (Phi) is 5.46. The van der Waals surface area contributed by atoms with Crippen LogP contribution < -0.4 is 4.90 Å². The second-order valence-corrected chi connectivity index (χ2v) is 7.33. The number of carbonyl (C=O) groups is 1. The summed E-state index contributed by atoms with van der Waals surface area (Å²) in [5, 5.41) is 0.835. The maximum absolute atomic E-state index is 12.7. The standard InChI is InChI=1S/C21H18Cl2N4O/c22-17-7-6-16(14-18(17)23)21(28)27-12-10-26(11-13-27)19-8-9-24-20(25-19)15-4-2-1-3-5-15/h1-9,14H,10-13H2. The summed E-state index contributed by atoms with van der Waals surface area (Å²) in [5.74, 6) is 1.54. The fraction of sp³-hybridized carbons (Fsp3) is 0.190. The van der Waals surface area contributed by atoms with Crippen molar-refractivity contribution in [3.63, 3.8) is 0 Å². The molecule has 4 rings (SSSR count). The summed E-state index contributed by atoms with van der Waals surface area (Å²) in [5.41, 5.74) is 1.54. The summed E-state index contributed by atoms with van der Waals surface area (Å²) in [4.78, 5) is 25.8. The number of piperazine rings is 1. The van der Waals surface area contributed by atoms with Gasteiger partial charge in [-0.3, -0.25) is 4.79 Å². The average molecular weight is 413 g/mol. The molecule has 0 aliphatic carbocycles. The molecule has 1 saturated heterocycles. The molecule has 0 saturated carbocycles. The first-order valence-electron chi connectivity index (χ1n) is 8.99. The molecule has 3 aromatic rings. The lowest BCUT2D eigenvalue weighted by atomic mass is 10.2. The average Bonchev–Trinajstić information content (AvgIpc) is 2.76. The number of nitrogens with zero attached hydrogens (tertiary/aromatic N) is 4. The number of hydrogen-bond acceptors (Lipinski definition) is 4. The van der Waals surface area contributed by atoms with Gasteiger partial charge in [-0.05, 0) is 24.3 Å². The molecule has 28 heavy (non-hydrogen) atoms. The van der Waals surface area contributed by atoms with Gasteiger partial charge in [-0.2, -0.15) is 0 Å². The van der Waals surface area contributed by atoms with Crippen LogP contribution in [0.15, 0.2) is 60.8 Å². The smallest absolute Gasteiger partial charge is 0.254 e. The molecular formula is C21H18Cl2N4O. The monoisotopic (exact) mass is 412 g/mol. The number of halogens is 2. The van der Waals surface area contributed by atoms with Crippen molar-refractivity contribution in [2.75, 3.05) is 31.1 Å². The zero-order valence-electron chi connectivity index (χ0n) is 15.1. The summed E-state index contributed by atoms with van der Waals surface area (Å²) in [6.07, 6.45) is 1.78. The topological polar surface area (TPSA) is 49.3 Å². The van der Waals surface area contributed by atoms with E-state index in [9.17, 15) is 4.79 Å². The zero-order valence-corrected chi connectivity index (χ0v) is 16.6. The normalized spacial score (nSPS) is 14.2. The Hall–Kier alpha value is -2.63. The molecule has 0 radical (unpaired) electrons. The third-order valence-electron chi connectivity index (χ3n) is 4.73. The number of anilines is 1. The van der Waals surface area contributed by atoms with Crippen molar-refractivity contribution in [1.29, 1.82) is 0 Å². The van der Waals surface area contributed by atoms with Crippen LogP contribution in [-0.2, 0) is 0 Å². The first kappa shape index (κ1) is 18.7. The van der Waals surface area contributed by atoms with Gasteiger partial charge in [-0.15, -0.1) is 0 Å². The van der Waals surface area contributed by atoms with Crippen molar-refractivity contribution in [3.8, 4) is 11.4 Å². The first-order valence-corrected chi connectivity index (χ1v) is 9.75. The van der Waals surface area contributed by atoms with E-state index in [1.54, 1.807) is 24.4 Å². The van der Waals surface area contributed by atoms with Crippen molar-refractivity contribution in [3.05, 3.63) is 76.4 Å². The SMILES string of the molecule is O=C(c1ccc(Cl)c(Cl)c1)N1CCN(c2ccnc(-c3ccccc3)n2)CC1. The van der Waals surface area contributed by atoms with Crippen LogP contribution in [0.4, 0.5) is 5.82 Å². The third-order valence-corrected chi connectivity index (χ3v) is 5.47. The number of hydrogen-bond donors (Lipinski definition) is 0. The predicted octanol–water partition coefficient (Wildman–Crippen LogP) is 4.41. The van der Waals surface area contributed by atoms with Crippen molar-refractivity contribution >= 4 is 34.9 Å². The maximum atomic E-state index is 12.7. The van der Waals surface area contributed by atoms with E-state index in [1.165, 1.54) is 0 Å². The van der Waals surface area contributed by atoms with Gasteiger partial charge in [0.1, 0.15) is 5.82 Å². The molecule has 7 heteroatoms. The van der Waals surface area contributed by atoms with E-state index >= 15 is 0 Å². The van der Waals surface area contributed by atoms with E-state index in [1.807, 2.05) is 41.3 Å². The molecular weight excluding hydrogens is 395 g/mol. The van der Waals surface area contributed by atoms with Gasteiger partial charge in [0.2, 0.25) is 0 Å². The van der Waals surface area contributed by atoms with Crippen LogP contribution in [0.1, 0.15) is 10.4 Å². The lowest BCUT2D eigenvalue weighted by Crippen LogP contribution is -2.49. The van der Waals surface area contributed by atoms with Crippen LogP contribution in [-0.4, -0.2) is 47.0 Å². The third kappa shape index (κ3) is 3.96. The number of benzene rings is 2. The zero-order chi connectivity index (χ0) is 19.5. The van der Waals surface area contributed by atoms with E-state index in [4.69, 9.17) is 28.2 Å². The molecule has 0 bridgehead atoms. The van der Waals surface area contributed by atoms with Gasteiger partial charge in [-0.25, -0.2) is 9.97 Å². The van der Waals surface area contributed by atoms with Crippen molar-refractivity contribution in [2.45, 2.75) is 0 Å². The van der Waals surface area contributed by atoms with Gasteiger partial charge in [0, 0.05) is 43.5 Å². The lowest BCUT2D eigenvalue weighted by molar-refractivity contribution is 0.0746. The van der Waals surface area contributed by atoms with Gasteiger partial charge in [0.05, 0.1) is 10.0 Å². The fourth-order valence-corrected chi connectivity index (χ4v) is 3.50. The molecule has 0 unspecified atom stereocenters. The van der Waals surface area contributed by atoms with Crippen molar-refractivity contribution < 1.29 is 4.79 Å². The molecule has 1 aliphatic rings. The van der Waals surface area contributed by atoms with Gasteiger partial charge < -0.3 is 9.80 Å². The number of amides is 1. The molecule has 2 heterocycles. The van der Waals surface area contributed by atoms with E-state index in [0.29, 0.717) is 47.6 Å². The van der Waals surface area contributed by atoms with E-state index in [0.717, 1.165) is 11.4 Å². The summed E-state index contributed by atoms with van der Waals surface area (Å²) < 4.78 is 0. The maximum Gasteiger partial charge on any atom is 0.254 e. The predicted molar refractivity (Wildman–Crippen MR) is 112 cm³/mol. The molecule has 1 aliphatic heterocycles. The highest BCUT2D eigenvalue weighted by Crippen LogP contribution is 2.24. The Labute approximate surface area is 173 Å². The van der Waals surface area contributed by atoms with Crippen LogP contribution in [0.3, 0.4) is 0 Å². The molecule has 1 fully saturated rings. The minimum absolute atomic E-state index is 0.0362. The Morgan fingerprint density at radius 1 is 0.893 bits per heavy atom. The van der Waals surface area contributed by atoms with Crippen molar-refractivity contribution in [1.82, 2.24) is 14.9 Å². The molecule has 1 amide bonds. The molecule has 1 aromatic heterocycles. The second-order valence-electron chi connectivity index (χ2n) is 6.51. The van der Waals surface area contributed by atoms with Gasteiger partial charge in [0.15, 0.2) is 5.82 Å². The number of rotatable bonds is 3. The minimum atomic E-state index is -0.0362. The Morgan fingerprint density at radius 3 is 2.36 bits per heavy atom. The fourth-order valence-electron chi connectivity index (χ4n) is 3.20. The number of carbonyl (C=O) groups excluding carboxylic acids is 1. The van der Waals surface area contributed by atoms with Crippen LogP contribution in [0, 0.1) is 0 Å². The molecule has 0 N–H and O–H groups in total. The van der Waals surface area contributed by atoms with Gasteiger partial charge in [0.25, 0.3) is 5.91 Å². The molecule has 0 atom stereocenters. The highest BCUT2D eigenvalue weighted by atomic mass is 35.5. The quantitative estimate of drug-likeness (QED) is 0.638. The van der Waals surface area contributed by atoms with Crippen molar-refractivity contribution in [2.24, 2.45) is 0 Å². The van der Waals surface area contributed by atoms with E-state index in [-0.39, 0.29) is 5.91 Å². The van der Waals surface area contributed by atoms with E-state index in [2.05, 4.69) is 9.88 Å². The summed E-state index contributed by atoms with van der Waals surface area (Å²) in [7, 11) is 0.